The van der Waals surface area contributed by atoms with Crippen LogP contribution in [0.2, 0.25) is 5.02 Å². The molecule has 22 heavy (non-hydrogen) atoms. The SMILES string of the molecule is CNC(=O)CC(Sc1ccc(Cl)cc1)C(O)c1ccccc1. The number of hydrogen-bond acceptors (Lipinski definition) is 3. The molecule has 0 bridgehead atoms. The maximum atomic E-state index is 11.7. The van der Waals surface area contributed by atoms with Gasteiger partial charge in [0.15, 0.2) is 0 Å². The summed E-state index contributed by atoms with van der Waals surface area (Å²) < 4.78 is 0. The third kappa shape index (κ3) is 4.77. The fourth-order valence-electron chi connectivity index (χ4n) is 2.06. The molecule has 2 rings (SSSR count). The van der Waals surface area contributed by atoms with Gasteiger partial charge in [0.2, 0.25) is 5.91 Å². The van der Waals surface area contributed by atoms with Gasteiger partial charge in [0.25, 0.3) is 0 Å². The van der Waals surface area contributed by atoms with E-state index < -0.39 is 6.10 Å². The average Bonchev–Trinajstić information content (AvgIpc) is 2.56. The highest BCUT2D eigenvalue weighted by molar-refractivity contribution is 8.00. The summed E-state index contributed by atoms with van der Waals surface area (Å²) in [7, 11) is 1.60. The molecule has 1 amide bonds. The zero-order chi connectivity index (χ0) is 15.9. The van der Waals surface area contributed by atoms with E-state index in [4.69, 9.17) is 11.6 Å². The van der Waals surface area contributed by atoms with E-state index in [-0.39, 0.29) is 17.6 Å². The lowest BCUT2D eigenvalue weighted by Gasteiger charge is -2.22. The summed E-state index contributed by atoms with van der Waals surface area (Å²) in [6.45, 7) is 0. The molecule has 2 N–H and O–H groups in total. The van der Waals surface area contributed by atoms with Gasteiger partial charge >= 0.3 is 0 Å². The summed E-state index contributed by atoms with van der Waals surface area (Å²) in [5.41, 5.74) is 0.804. The summed E-state index contributed by atoms with van der Waals surface area (Å²) in [4.78, 5) is 12.7. The highest BCUT2D eigenvalue weighted by Crippen LogP contribution is 2.34. The van der Waals surface area contributed by atoms with Gasteiger partial charge in [-0.25, -0.2) is 0 Å². The third-order valence-electron chi connectivity index (χ3n) is 3.26. The van der Waals surface area contributed by atoms with Crippen molar-refractivity contribution in [1.82, 2.24) is 5.32 Å². The standard InChI is InChI=1S/C17H18ClNO2S/c1-19-16(20)11-15(17(21)12-5-3-2-4-6-12)22-14-9-7-13(18)8-10-14/h2-10,15,17,21H,11H2,1H3,(H,19,20). The maximum absolute atomic E-state index is 11.7. The minimum atomic E-state index is -0.723. The van der Waals surface area contributed by atoms with Crippen LogP contribution in [-0.4, -0.2) is 23.3 Å². The quantitative estimate of drug-likeness (QED) is 0.792. The molecule has 116 valence electrons. The Bertz CT molecular complexity index is 604. The first-order valence-corrected chi connectivity index (χ1v) is 8.21. The summed E-state index contributed by atoms with van der Waals surface area (Å²) in [5, 5.41) is 13.6. The van der Waals surface area contributed by atoms with Crippen LogP contribution in [-0.2, 0) is 4.79 Å². The molecule has 0 heterocycles. The largest absolute Gasteiger partial charge is 0.387 e. The van der Waals surface area contributed by atoms with Crippen LogP contribution in [0.1, 0.15) is 18.1 Å². The Morgan fingerprint density at radius 3 is 2.41 bits per heavy atom. The molecule has 2 aromatic rings. The first-order chi connectivity index (χ1) is 10.6. The number of nitrogens with one attached hydrogen (secondary N) is 1. The fraction of sp³-hybridized carbons (Fsp3) is 0.235. The molecule has 0 aliphatic heterocycles. The Morgan fingerprint density at radius 2 is 1.82 bits per heavy atom. The van der Waals surface area contributed by atoms with Crippen molar-refractivity contribution in [2.45, 2.75) is 22.7 Å². The number of amides is 1. The lowest BCUT2D eigenvalue weighted by atomic mass is 10.0. The first kappa shape index (κ1) is 16.9. The number of aliphatic hydroxyl groups excluding tert-OH is 1. The summed E-state index contributed by atoms with van der Waals surface area (Å²) in [6, 6.07) is 16.8. The molecule has 0 saturated heterocycles. The van der Waals surface area contributed by atoms with Crippen LogP contribution < -0.4 is 5.32 Å². The van der Waals surface area contributed by atoms with Crippen molar-refractivity contribution < 1.29 is 9.90 Å². The normalized spacial score (nSPS) is 13.4. The molecule has 0 aliphatic rings. The van der Waals surface area contributed by atoms with Crippen LogP contribution >= 0.6 is 23.4 Å². The smallest absolute Gasteiger partial charge is 0.220 e. The van der Waals surface area contributed by atoms with Gasteiger partial charge in [0, 0.05) is 28.6 Å². The molecule has 2 unspecified atom stereocenters. The highest BCUT2D eigenvalue weighted by Gasteiger charge is 2.24. The van der Waals surface area contributed by atoms with Crippen molar-refractivity contribution in [2.24, 2.45) is 0 Å². The Labute approximate surface area is 139 Å². The van der Waals surface area contributed by atoms with Crippen LogP contribution in [0.4, 0.5) is 0 Å². The van der Waals surface area contributed by atoms with Crippen molar-refractivity contribution in [3.05, 3.63) is 65.2 Å². The number of benzene rings is 2. The molecule has 0 aromatic heterocycles. The molecular formula is C17H18ClNO2S. The third-order valence-corrected chi connectivity index (χ3v) is 4.78. The Hall–Kier alpha value is -1.49. The van der Waals surface area contributed by atoms with Gasteiger partial charge < -0.3 is 10.4 Å². The number of rotatable bonds is 6. The first-order valence-electron chi connectivity index (χ1n) is 6.96. The molecule has 0 spiro atoms. The minimum absolute atomic E-state index is 0.0959. The van der Waals surface area contributed by atoms with Gasteiger partial charge in [0.1, 0.15) is 0 Å². The molecule has 0 fully saturated rings. The number of halogens is 1. The lowest BCUT2D eigenvalue weighted by molar-refractivity contribution is -0.121. The van der Waals surface area contributed by atoms with Crippen LogP contribution in [0.15, 0.2) is 59.5 Å². The van der Waals surface area contributed by atoms with Crippen LogP contribution in [0, 0.1) is 0 Å². The zero-order valence-electron chi connectivity index (χ0n) is 12.2. The van der Waals surface area contributed by atoms with Crippen LogP contribution in [0.25, 0.3) is 0 Å². The topological polar surface area (TPSA) is 49.3 Å². The second-order valence-corrected chi connectivity index (χ2v) is 6.59. The molecule has 3 nitrogen and oxygen atoms in total. The van der Waals surface area contributed by atoms with Gasteiger partial charge in [-0.2, -0.15) is 0 Å². The molecule has 0 saturated carbocycles. The predicted octanol–water partition coefficient (Wildman–Crippen LogP) is 3.67. The number of aliphatic hydroxyl groups is 1. The molecule has 2 aromatic carbocycles. The van der Waals surface area contributed by atoms with E-state index in [9.17, 15) is 9.90 Å². The van der Waals surface area contributed by atoms with E-state index in [1.165, 1.54) is 11.8 Å². The molecule has 0 radical (unpaired) electrons. The molecule has 0 aliphatic carbocycles. The van der Waals surface area contributed by atoms with E-state index in [2.05, 4.69) is 5.32 Å². The molecule has 2 atom stereocenters. The van der Waals surface area contributed by atoms with Crippen LogP contribution in [0.3, 0.4) is 0 Å². The maximum Gasteiger partial charge on any atom is 0.220 e. The van der Waals surface area contributed by atoms with E-state index in [0.717, 1.165) is 10.5 Å². The van der Waals surface area contributed by atoms with Gasteiger partial charge in [0.05, 0.1) is 6.10 Å². The summed E-state index contributed by atoms with van der Waals surface area (Å²) in [5.74, 6) is -0.0959. The van der Waals surface area contributed by atoms with Crippen molar-refractivity contribution in [3.8, 4) is 0 Å². The number of thioether (sulfide) groups is 1. The molecular weight excluding hydrogens is 318 g/mol. The van der Waals surface area contributed by atoms with E-state index in [1.807, 2.05) is 42.5 Å². The van der Waals surface area contributed by atoms with Gasteiger partial charge in [-0.05, 0) is 29.8 Å². The van der Waals surface area contributed by atoms with Gasteiger partial charge in [-0.15, -0.1) is 11.8 Å². The van der Waals surface area contributed by atoms with E-state index >= 15 is 0 Å². The highest BCUT2D eigenvalue weighted by atomic mass is 35.5. The Morgan fingerprint density at radius 1 is 1.18 bits per heavy atom. The zero-order valence-corrected chi connectivity index (χ0v) is 13.8. The second-order valence-electron chi connectivity index (χ2n) is 4.84. The lowest BCUT2D eigenvalue weighted by Crippen LogP contribution is -2.26. The average molecular weight is 336 g/mol. The van der Waals surface area contributed by atoms with E-state index in [1.54, 1.807) is 19.2 Å². The van der Waals surface area contributed by atoms with Gasteiger partial charge in [-0.1, -0.05) is 41.9 Å². The number of carbonyl (C=O) groups excluding carboxylic acids is 1. The minimum Gasteiger partial charge on any atom is -0.387 e. The van der Waals surface area contributed by atoms with Crippen molar-refractivity contribution >= 4 is 29.3 Å². The van der Waals surface area contributed by atoms with Crippen molar-refractivity contribution in [1.29, 1.82) is 0 Å². The summed E-state index contributed by atoms with van der Waals surface area (Å²) in [6.07, 6.45) is -0.487. The molecule has 5 heteroatoms. The monoisotopic (exact) mass is 335 g/mol. The van der Waals surface area contributed by atoms with Crippen molar-refractivity contribution in [3.63, 3.8) is 0 Å². The Kier molecular flexibility index (Phi) is 6.31. The predicted molar refractivity (Wildman–Crippen MR) is 91.2 cm³/mol. The van der Waals surface area contributed by atoms with E-state index in [0.29, 0.717) is 5.02 Å². The van der Waals surface area contributed by atoms with Gasteiger partial charge in [-0.3, -0.25) is 4.79 Å². The number of carbonyl (C=O) groups is 1. The summed E-state index contributed by atoms with van der Waals surface area (Å²) >= 11 is 7.37. The Balaban J connectivity index is 2.18. The second kappa shape index (κ2) is 8.22. The fourth-order valence-corrected chi connectivity index (χ4v) is 3.34. The van der Waals surface area contributed by atoms with Crippen LogP contribution in [0.5, 0.6) is 0 Å². The number of hydrogen-bond donors (Lipinski definition) is 2. The van der Waals surface area contributed by atoms with Crippen molar-refractivity contribution in [2.75, 3.05) is 7.05 Å².